The van der Waals surface area contributed by atoms with Crippen molar-refractivity contribution in [2.45, 2.75) is 37.2 Å². The molecule has 1 aromatic carbocycles. The Morgan fingerprint density at radius 3 is 2.70 bits per heavy atom. The van der Waals surface area contributed by atoms with E-state index in [1.807, 2.05) is 6.07 Å². The lowest BCUT2D eigenvalue weighted by atomic mass is 10.2. The molecule has 1 aromatic rings. The van der Waals surface area contributed by atoms with Gasteiger partial charge < -0.3 is 5.73 Å². The first-order chi connectivity index (χ1) is 9.53. The van der Waals surface area contributed by atoms with Gasteiger partial charge in [-0.1, -0.05) is 12.1 Å². The van der Waals surface area contributed by atoms with E-state index in [4.69, 9.17) is 5.73 Å². The van der Waals surface area contributed by atoms with Crippen molar-refractivity contribution in [1.29, 1.82) is 0 Å². The number of rotatable bonds is 6. The largest absolute Gasteiger partial charge is 0.326 e. The molecule has 0 spiro atoms. The van der Waals surface area contributed by atoms with E-state index in [0.717, 1.165) is 18.7 Å². The van der Waals surface area contributed by atoms with Crippen LogP contribution >= 0.6 is 0 Å². The smallest absolute Gasteiger partial charge is 0.240 e. The maximum absolute atomic E-state index is 12.2. The van der Waals surface area contributed by atoms with Crippen molar-refractivity contribution in [2.24, 2.45) is 5.73 Å². The van der Waals surface area contributed by atoms with Gasteiger partial charge in [0.25, 0.3) is 0 Å². The fourth-order valence-electron chi connectivity index (χ4n) is 2.46. The van der Waals surface area contributed by atoms with Crippen LogP contribution < -0.4 is 10.5 Å². The predicted octanol–water partition coefficient (Wildman–Crippen LogP) is 0.908. The van der Waals surface area contributed by atoms with Gasteiger partial charge in [-0.25, -0.2) is 13.1 Å². The molecule has 20 heavy (non-hydrogen) atoms. The van der Waals surface area contributed by atoms with Crippen LogP contribution in [-0.4, -0.2) is 39.0 Å². The van der Waals surface area contributed by atoms with Gasteiger partial charge in [0.2, 0.25) is 10.0 Å². The standard InChI is InChI=1S/C14H23N3O2S/c1-12(17-7-2-3-8-17)11-16-20(18,19)14-6-4-5-13(9-14)10-15/h4-6,9,12,16H,2-3,7-8,10-11,15H2,1H3. The zero-order chi connectivity index (χ0) is 14.6. The van der Waals surface area contributed by atoms with Crippen molar-refractivity contribution in [1.82, 2.24) is 9.62 Å². The van der Waals surface area contributed by atoms with Gasteiger partial charge in [0.1, 0.15) is 0 Å². The highest BCUT2D eigenvalue weighted by atomic mass is 32.2. The summed E-state index contributed by atoms with van der Waals surface area (Å²) in [5.74, 6) is 0. The summed E-state index contributed by atoms with van der Waals surface area (Å²) in [5.41, 5.74) is 6.36. The second-order valence-corrected chi connectivity index (χ2v) is 7.06. The molecule has 0 aliphatic carbocycles. The molecule has 112 valence electrons. The van der Waals surface area contributed by atoms with Gasteiger partial charge >= 0.3 is 0 Å². The van der Waals surface area contributed by atoms with E-state index in [1.54, 1.807) is 18.2 Å². The number of sulfonamides is 1. The Morgan fingerprint density at radius 2 is 2.05 bits per heavy atom. The van der Waals surface area contributed by atoms with E-state index in [9.17, 15) is 8.42 Å². The van der Waals surface area contributed by atoms with Crippen molar-refractivity contribution < 1.29 is 8.42 Å². The van der Waals surface area contributed by atoms with E-state index in [0.29, 0.717) is 13.1 Å². The van der Waals surface area contributed by atoms with Crippen LogP contribution in [-0.2, 0) is 16.6 Å². The number of likely N-dealkylation sites (tertiary alicyclic amines) is 1. The van der Waals surface area contributed by atoms with Crippen LogP contribution in [0.1, 0.15) is 25.3 Å². The fourth-order valence-corrected chi connectivity index (χ4v) is 3.66. The van der Waals surface area contributed by atoms with Gasteiger partial charge in [0.05, 0.1) is 4.90 Å². The molecule has 1 heterocycles. The van der Waals surface area contributed by atoms with Crippen molar-refractivity contribution in [3.05, 3.63) is 29.8 Å². The Morgan fingerprint density at radius 1 is 1.35 bits per heavy atom. The molecule has 1 fully saturated rings. The lowest BCUT2D eigenvalue weighted by molar-refractivity contribution is 0.260. The number of nitrogens with zero attached hydrogens (tertiary/aromatic N) is 1. The molecule has 0 amide bonds. The molecule has 0 saturated carbocycles. The lowest BCUT2D eigenvalue weighted by Gasteiger charge is -2.23. The Balaban J connectivity index is 1.99. The Kier molecular flexibility index (Phi) is 5.15. The summed E-state index contributed by atoms with van der Waals surface area (Å²) in [4.78, 5) is 2.60. The number of hydrogen-bond acceptors (Lipinski definition) is 4. The monoisotopic (exact) mass is 297 g/mol. The van der Waals surface area contributed by atoms with E-state index in [2.05, 4.69) is 16.5 Å². The van der Waals surface area contributed by atoms with Crippen LogP contribution in [0.15, 0.2) is 29.2 Å². The zero-order valence-corrected chi connectivity index (χ0v) is 12.7. The highest BCUT2D eigenvalue weighted by Gasteiger charge is 2.21. The highest BCUT2D eigenvalue weighted by molar-refractivity contribution is 7.89. The van der Waals surface area contributed by atoms with Gasteiger partial charge in [-0.3, -0.25) is 4.90 Å². The van der Waals surface area contributed by atoms with Crippen LogP contribution in [0.2, 0.25) is 0 Å². The van der Waals surface area contributed by atoms with Crippen LogP contribution in [0.25, 0.3) is 0 Å². The van der Waals surface area contributed by atoms with E-state index < -0.39 is 10.0 Å². The third kappa shape index (κ3) is 3.79. The van der Waals surface area contributed by atoms with E-state index >= 15 is 0 Å². The Hall–Kier alpha value is -0.950. The molecule has 6 heteroatoms. The fraction of sp³-hybridized carbons (Fsp3) is 0.571. The van der Waals surface area contributed by atoms with Crippen molar-refractivity contribution in [3.8, 4) is 0 Å². The summed E-state index contributed by atoms with van der Waals surface area (Å²) in [5, 5.41) is 0. The maximum Gasteiger partial charge on any atom is 0.240 e. The average Bonchev–Trinajstić information content (AvgIpc) is 2.99. The van der Waals surface area contributed by atoms with E-state index in [-0.39, 0.29) is 10.9 Å². The van der Waals surface area contributed by atoms with Crippen LogP contribution in [0.5, 0.6) is 0 Å². The first kappa shape index (κ1) is 15.4. The highest BCUT2D eigenvalue weighted by Crippen LogP contribution is 2.13. The first-order valence-electron chi connectivity index (χ1n) is 7.05. The van der Waals surface area contributed by atoms with Gasteiger partial charge in [0, 0.05) is 19.1 Å². The van der Waals surface area contributed by atoms with Gasteiger partial charge in [-0.05, 0) is 50.6 Å². The Labute approximate surface area is 121 Å². The molecule has 5 nitrogen and oxygen atoms in total. The SMILES string of the molecule is CC(CNS(=O)(=O)c1cccc(CN)c1)N1CCCC1. The van der Waals surface area contributed by atoms with Crippen molar-refractivity contribution in [2.75, 3.05) is 19.6 Å². The molecule has 1 unspecified atom stereocenters. The number of benzene rings is 1. The zero-order valence-electron chi connectivity index (χ0n) is 11.9. The van der Waals surface area contributed by atoms with Crippen molar-refractivity contribution >= 4 is 10.0 Å². The normalized spacial score (nSPS) is 18.3. The third-order valence-corrected chi connectivity index (χ3v) is 5.20. The molecular weight excluding hydrogens is 274 g/mol. The number of nitrogens with two attached hydrogens (primary N) is 1. The number of nitrogens with one attached hydrogen (secondary N) is 1. The molecule has 0 bridgehead atoms. The van der Waals surface area contributed by atoms with Gasteiger partial charge in [-0.15, -0.1) is 0 Å². The van der Waals surface area contributed by atoms with Gasteiger partial charge in [-0.2, -0.15) is 0 Å². The molecule has 1 aliphatic heterocycles. The summed E-state index contributed by atoms with van der Waals surface area (Å²) in [7, 11) is -3.45. The minimum absolute atomic E-state index is 0.227. The second-order valence-electron chi connectivity index (χ2n) is 5.30. The Bertz CT molecular complexity index is 539. The summed E-state index contributed by atoms with van der Waals surface area (Å²) in [6, 6.07) is 7.00. The maximum atomic E-state index is 12.2. The van der Waals surface area contributed by atoms with Crippen molar-refractivity contribution in [3.63, 3.8) is 0 Å². The minimum atomic E-state index is -3.45. The van der Waals surface area contributed by atoms with Crippen LogP contribution in [0, 0.1) is 0 Å². The summed E-state index contributed by atoms with van der Waals surface area (Å²) in [6.45, 7) is 4.96. The summed E-state index contributed by atoms with van der Waals surface area (Å²) in [6.07, 6.45) is 2.41. The van der Waals surface area contributed by atoms with Crippen LogP contribution in [0.3, 0.4) is 0 Å². The molecule has 1 atom stereocenters. The molecule has 1 saturated heterocycles. The quantitative estimate of drug-likeness (QED) is 0.818. The topological polar surface area (TPSA) is 75.4 Å². The minimum Gasteiger partial charge on any atom is -0.326 e. The molecule has 2 rings (SSSR count). The second kappa shape index (κ2) is 6.67. The summed E-state index contributed by atoms with van der Waals surface area (Å²) < 4.78 is 27.2. The molecule has 0 radical (unpaired) electrons. The molecule has 1 aliphatic rings. The molecule has 0 aromatic heterocycles. The summed E-state index contributed by atoms with van der Waals surface area (Å²) >= 11 is 0. The number of hydrogen-bond donors (Lipinski definition) is 2. The first-order valence-corrected chi connectivity index (χ1v) is 8.54. The predicted molar refractivity (Wildman–Crippen MR) is 79.8 cm³/mol. The van der Waals surface area contributed by atoms with Crippen LogP contribution in [0.4, 0.5) is 0 Å². The van der Waals surface area contributed by atoms with Gasteiger partial charge in [0.15, 0.2) is 0 Å². The molecule has 3 N–H and O–H groups in total. The van der Waals surface area contributed by atoms with E-state index in [1.165, 1.54) is 12.8 Å². The third-order valence-electron chi connectivity index (χ3n) is 3.78. The average molecular weight is 297 g/mol. The molecular formula is C14H23N3O2S. The lowest BCUT2D eigenvalue weighted by Crippen LogP contribution is -2.40.